The predicted molar refractivity (Wildman–Crippen MR) is 69.7 cm³/mol. The molecule has 1 aromatic rings. The molecule has 0 unspecified atom stereocenters. The van der Waals surface area contributed by atoms with E-state index in [1.165, 1.54) is 21.3 Å². The van der Waals surface area contributed by atoms with Crippen LogP contribution in [-0.2, 0) is 9.63 Å². The van der Waals surface area contributed by atoms with Gasteiger partial charge >= 0.3 is 0 Å². The van der Waals surface area contributed by atoms with E-state index in [0.717, 1.165) is 5.06 Å². The van der Waals surface area contributed by atoms with E-state index in [1.54, 1.807) is 24.3 Å². The van der Waals surface area contributed by atoms with Crippen LogP contribution in [0.25, 0.3) is 0 Å². The molecule has 104 valence electrons. The van der Waals surface area contributed by atoms with Crippen LogP contribution in [0.1, 0.15) is 16.8 Å². The van der Waals surface area contributed by atoms with Gasteiger partial charge < -0.3 is 10.1 Å². The molecule has 19 heavy (non-hydrogen) atoms. The van der Waals surface area contributed by atoms with Gasteiger partial charge in [-0.25, -0.2) is 5.06 Å². The van der Waals surface area contributed by atoms with Crippen molar-refractivity contribution in [2.45, 2.75) is 6.42 Å². The minimum Gasteiger partial charge on any atom is -0.496 e. The van der Waals surface area contributed by atoms with Crippen molar-refractivity contribution in [3.63, 3.8) is 0 Å². The number of benzene rings is 1. The molecular weight excluding hydrogens is 248 g/mol. The van der Waals surface area contributed by atoms with Crippen molar-refractivity contribution in [1.29, 1.82) is 0 Å². The first-order valence-corrected chi connectivity index (χ1v) is 5.82. The van der Waals surface area contributed by atoms with E-state index >= 15 is 0 Å². The van der Waals surface area contributed by atoms with Gasteiger partial charge in [-0.1, -0.05) is 12.1 Å². The number of para-hydroxylation sites is 1. The van der Waals surface area contributed by atoms with Gasteiger partial charge in [-0.15, -0.1) is 0 Å². The number of hydrogen-bond donors (Lipinski definition) is 1. The third-order valence-electron chi connectivity index (χ3n) is 2.60. The molecule has 1 aromatic carbocycles. The highest BCUT2D eigenvalue weighted by Crippen LogP contribution is 2.16. The molecule has 0 saturated carbocycles. The molecule has 0 radical (unpaired) electrons. The summed E-state index contributed by atoms with van der Waals surface area (Å²) in [5, 5.41) is 3.78. The molecule has 6 heteroatoms. The second-order valence-electron chi connectivity index (χ2n) is 3.78. The Kier molecular flexibility index (Phi) is 5.81. The third kappa shape index (κ3) is 4.26. The molecule has 2 amide bonds. The molecule has 0 aliphatic carbocycles. The molecule has 1 rings (SSSR count). The van der Waals surface area contributed by atoms with Gasteiger partial charge in [0.05, 0.1) is 19.8 Å². The molecule has 0 bridgehead atoms. The topological polar surface area (TPSA) is 67.9 Å². The van der Waals surface area contributed by atoms with Gasteiger partial charge in [0, 0.05) is 20.0 Å². The van der Waals surface area contributed by atoms with Crippen molar-refractivity contribution in [1.82, 2.24) is 10.4 Å². The fourth-order valence-electron chi connectivity index (χ4n) is 1.47. The van der Waals surface area contributed by atoms with Crippen molar-refractivity contribution in [2.75, 3.05) is 27.8 Å². The van der Waals surface area contributed by atoms with Crippen LogP contribution in [-0.4, -0.2) is 44.7 Å². The van der Waals surface area contributed by atoms with Crippen LogP contribution >= 0.6 is 0 Å². The van der Waals surface area contributed by atoms with Gasteiger partial charge in [-0.05, 0) is 12.1 Å². The second-order valence-corrected chi connectivity index (χ2v) is 3.78. The summed E-state index contributed by atoms with van der Waals surface area (Å²) in [5.74, 6) is 0.0217. The van der Waals surface area contributed by atoms with Gasteiger partial charge in [0.2, 0.25) is 5.91 Å². The highest BCUT2D eigenvalue weighted by atomic mass is 16.7. The number of hydroxylamine groups is 2. The molecule has 0 saturated heterocycles. The van der Waals surface area contributed by atoms with Crippen molar-refractivity contribution < 1.29 is 19.2 Å². The van der Waals surface area contributed by atoms with Crippen molar-refractivity contribution in [3.05, 3.63) is 29.8 Å². The molecule has 0 aromatic heterocycles. The second kappa shape index (κ2) is 7.38. The number of nitrogens with one attached hydrogen (secondary N) is 1. The molecule has 0 fully saturated rings. The van der Waals surface area contributed by atoms with E-state index in [1.807, 2.05) is 0 Å². The Morgan fingerprint density at radius 3 is 2.58 bits per heavy atom. The van der Waals surface area contributed by atoms with E-state index in [9.17, 15) is 9.59 Å². The average molecular weight is 266 g/mol. The lowest BCUT2D eigenvalue weighted by atomic mass is 10.2. The first kappa shape index (κ1) is 15.0. The minimum atomic E-state index is -0.273. The molecule has 0 aliphatic rings. The van der Waals surface area contributed by atoms with Crippen LogP contribution in [0.15, 0.2) is 24.3 Å². The predicted octanol–water partition coefficient (Wildman–Crippen LogP) is 0.835. The zero-order chi connectivity index (χ0) is 14.3. The van der Waals surface area contributed by atoms with E-state index in [0.29, 0.717) is 11.3 Å². The van der Waals surface area contributed by atoms with Crippen LogP contribution in [0.4, 0.5) is 0 Å². The summed E-state index contributed by atoms with van der Waals surface area (Å²) >= 11 is 0. The summed E-state index contributed by atoms with van der Waals surface area (Å²) < 4.78 is 5.09. The number of carbonyl (C=O) groups is 2. The molecule has 0 atom stereocenters. The van der Waals surface area contributed by atoms with Gasteiger partial charge in [-0.2, -0.15) is 0 Å². The highest BCUT2D eigenvalue weighted by molar-refractivity contribution is 5.97. The molecular formula is C13H18N2O4. The number of hydrogen-bond acceptors (Lipinski definition) is 4. The number of carbonyl (C=O) groups excluding carboxylic acids is 2. The maximum Gasteiger partial charge on any atom is 0.255 e. The van der Waals surface area contributed by atoms with Crippen molar-refractivity contribution in [3.8, 4) is 5.75 Å². The summed E-state index contributed by atoms with van der Waals surface area (Å²) in [6, 6.07) is 6.91. The first-order chi connectivity index (χ1) is 9.10. The SMILES string of the molecule is COc1ccccc1C(=O)NCCC(=O)N(C)OC. The number of nitrogens with zero attached hydrogens (tertiary/aromatic N) is 1. The summed E-state index contributed by atoms with van der Waals surface area (Å²) in [7, 11) is 4.43. The van der Waals surface area contributed by atoms with Crippen molar-refractivity contribution >= 4 is 11.8 Å². The number of rotatable bonds is 6. The van der Waals surface area contributed by atoms with Gasteiger partial charge in [-0.3, -0.25) is 14.4 Å². The molecule has 0 spiro atoms. The summed E-state index contributed by atoms with van der Waals surface area (Å²) in [6.07, 6.45) is 0.172. The smallest absolute Gasteiger partial charge is 0.255 e. The Morgan fingerprint density at radius 1 is 1.26 bits per heavy atom. The van der Waals surface area contributed by atoms with Gasteiger partial charge in [0.1, 0.15) is 5.75 Å². The van der Waals surface area contributed by atoms with E-state index in [-0.39, 0.29) is 24.8 Å². The molecule has 6 nitrogen and oxygen atoms in total. The van der Waals surface area contributed by atoms with Gasteiger partial charge in [0.15, 0.2) is 0 Å². The summed E-state index contributed by atoms with van der Waals surface area (Å²) in [4.78, 5) is 28.1. The van der Waals surface area contributed by atoms with E-state index in [4.69, 9.17) is 9.57 Å². The van der Waals surface area contributed by atoms with E-state index in [2.05, 4.69) is 5.32 Å². The van der Waals surface area contributed by atoms with Crippen LogP contribution in [0.2, 0.25) is 0 Å². The first-order valence-electron chi connectivity index (χ1n) is 5.82. The lowest BCUT2D eigenvalue weighted by molar-refractivity contribution is -0.168. The Morgan fingerprint density at radius 2 is 1.95 bits per heavy atom. The summed E-state index contributed by atoms with van der Waals surface area (Å²) in [5.41, 5.74) is 0.442. The minimum absolute atomic E-state index is 0.172. The number of methoxy groups -OCH3 is 1. The average Bonchev–Trinajstić information content (AvgIpc) is 2.45. The Hall–Kier alpha value is -2.08. The fourth-order valence-corrected chi connectivity index (χ4v) is 1.47. The third-order valence-corrected chi connectivity index (χ3v) is 2.60. The highest BCUT2D eigenvalue weighted by Gasteiger charge is 2.12. The maximum absolute atomic E-state index is 11.9. The van der Waals surface area contributed by atoms with Crippen molar-refractivity contribution in [2.24, 2.45) is 0 Å². The molecule has 0 heterocycles. The van der Waals surface area contributed by atoms with Crippen LogP contribution < -0.4 is 10.1 Å². The molecule has 0 aliphatic heterocycles. The standard InChI is InChI=1S/C13H18N2O4/c1-15(19-3)12(16)8-9-14-13(17)10-6-4-5-7-11(10)18-2/h4-7H,8-9H2,1-3H3,(H,14,17). The maximum atomic E-state index is 11.9. The monoisotopic (exact) mass is 266 g/mol. The summed E-state index contributed by atoms with van der Waals surface area (Å²) in [6.45, 7) is 0.239. The fraction of sp³-hybridized carbons (Fsp3) is 0.385. The number of ether oxygens (including phenoxy) is 1. The lowest BCUT2D eigenvalue weighted by Crippen LogP contribution is -2.31. The zero-order valence-electron chi connectivity index (χ0n) is 11.3. The molecule has 1 N–H and O–H groups in total. The van der Waals surface area contributed by atoms with Crippen LogP contribution in [0, 0.1) is 0 Å². The Bertz CT molecular complexity index is 448. The quantitative estimate of drug-likeness (QED) is 0.775. The van der Waals surface area contributed by atoms with E-state index < -0.39 is 0 Å². The van der Waals surface area contributed by atoms with Gasteiger partial charge in [0.25, 0.3) is 5.91 Å². The number of amides is 2. The zero-order valence-corrected chi connectivity index (χ0v) is 11.3. The largest absolute Gasteiger partial charge is 0.496 e. The lowest BCUT2D eigenvalue weighted by Gasteiger charge is -2.14. The Labute approximate surface area is 112 Å². The van der Waals surface area contributed by atoms with Crippen LogP contribution in [0.5, 0.6) is 5.75 Å². The normalized spacial score (nSPS) is 9.84. The Balaban J connectivity index is 2.50. The van der Waals surface area contributed by atoms with Crippen LogP contribution in [0.3, 0.4) is 0 Å².